The zero-order valence-corrected chi connectivity index (χ0v) is 59.1. The maximum absolute atomic E-state index is 13.4. The van der Waals surface area contributed by atoms with Gasteiger partial charge in [0.1, 0.15) is 24.4 Å². The highest BCUT2D eigenvalue weighted by molar-refractivity contribution is 5.85. The van der Waals surface area contributed by atoms with E-state index in [9.17, 15) is 35.1 Å². The number of carbonyl (C=O) groups is 2. The molecule has 9 saturated carbocycles. The largest absolute Gasteiger partial charge is 0.469 e. The molecule has 16 nitrogen and oxygen atoms in total. The number of esters is 2. The summed E-state index contributed by atoms with van der Waals surface area (Å²) in [6.07, 6.45) is 16.4. The molecule has 4 heterocycles. The fourth-order valence-electron chi connectivity index (χ4n) is 26.2. The molecule has 0 bridgehead atoms. The first kappa shape index (κ1) is 68.5. The lowest BCUT2D eigenvalue weighted by molar-refractivity contribution is -0.359. The third kappa shape index (κ3) is 9.76. The lowest BCUT2D eigenvalue weighted by atomic mass is 9.33. The van der Waals surface area contributed by atoms with E-state index in [4.69, 9.17) is 42.6 Å². The molecular weight excluding hydrogens is 1170 g/mol. The second-order valence-corrected chi connectivity index (χ2v) is 35.9. The Kier molecular flexibility index (Phi) is 17.3. The number of ether oxygens (including phenoxy) is 9. The zero-order valence-electron chi connectivity index (χ0n) is 59.1. The van der Waals surface area contributed by atoms with Gasteiger partial charge in [-0.3, -0.25) is 4.79 Å². The monoisotopic (exact) mass is 1290 g/mol. The minimum absolute atomic E-state index is 0.00463. The van der Waals surface area contributed by atoms with Crippen LogP contribution in [-0.4, -0.2) is 150 Å². The molecule has 2 spiro atoms. The Morgan fingerprint density at radius 2 is 1.27 bits per heavy atom. The smallest absolute Gasteiger partial charge is 0.331 e. The third-order valence-corrected chi connectivity index (χ3v) is 32.2. The third-order valence-electron chi connectivity index (χ3n) is 32.2. The average Bonchev–Trinajstić information content (AvgIpc) is 1.43. The molecule has 5 N–H and O–H groups in total. The van der Waals surface area contributed by atoms with Crippen LogP contribution in [0.2, 0.25) is 0 Å². The van der Waals surface area contributed by atoms with Crippen LogP contribution in [0.3, 0.4) is 0 Å². The van der Waals surface area contributed by atoms with E-state index in [0.717, 1.165) is 95.5 Å². The van der Waals surface area contributed by atoms with Crippen LogP contribution < -0.4 is 0 Å². The van der Waals surface area contributed by atoms with E-state index in [1.807, 2.05) is 27.7 Å². The van der Waals surface area contributed by atoms with Gasteiger partial charge in [-0.05, 0) is 233 Å². The normalized spacial score (nSPS) is 56.3. The molecule has 0 aromatic heterocycles. The number of fused-ring (bicyclic) bond motifs is 9. The van der Waals surface area contributed by atoms with E-state index >= 15 is 0 Å². The van der Waals surface area contributed by atoms with Gasteiger partial charge in [0, 0.05) is 38.4 Å². The van der Waals surface area contributed by atoms with Gasteiger partial charge < -0.3 is 68.2 Å². The second kappa shape index (κ2) is 23.3. The molecule has 0 radical (unpaired) electrons. The molecule has 4 aliphatic heterocycles. The van der Waals surface area contributed by atoms with Crippen LogP contribution in [0.5, 0.6) is 0 Å². The quantitative estimate of drug-likeness (QED) is 0.0824. The van der Waals surface area contributed by atoms with E-state index in [1.54, 1.807) is 18.8 Å². The van der Waals surface area contributed by atoms with Crippen molar-refractivity contribution in [3.05, 3.63) is 23.3 Å². The highest BCUT2D eigenvalue weighted by Gasteiger charge is 2.86. The summed E-state index contributed by atoms with van der Waals surface area (Å²) >= 11 is 0. The number of hydrogen-bond acceptors (Lipinski definition) is 16. The van der Waals surface area contributed by atoms with Gasteiger partial charge in [0.25, 0.3) is 0 Å². The van der Waals surface area contributed by atoms with Crippen LogP contribution in [-0.2, 0) is 52.2 Å². The number of cyclic esters (lactones) is 1. The summed E-state index contributed by atoms with van der Waals surface area (Å²) in [5.74, 6) is 3.04. The van der Waals surface area contributed by atoms with Gasteiger partial charge in [-0.2, -0.15) is 0 Å². The molecule has 12 fully saturated rings. The predicted molar refractivity (Wildman–Crippen MR) is 345 cm³/mol. The Morgan fingerprint density at radius 1 is 0.609 bits per heavy atom. The van der Waals surface area contributed by atoms with E-state index in [2.05, 4.69) is 75.3 Å². The molecule has 14 rings (SSSR count). The summed E-state index contributed by atoms with van der Waals surface area (Å²) in [5, 5.41) is 55.9. The SMILES string of the molecule is COC(=O)[C@]12CC[C@@H](C)[C@H](C)[C@@H]1C1=CC[C@@H]3[C@@]4(C)CC[C@H](O)C(C)(C)[C@@H]4CC[C@@]3(C)[C@]1(C)CC2.COC1C(O)CC(OC2C(O)CC(OC3(C)C(O)CC(OC4CC[C@@]5(C)C6CC[C@]7(C)C(C8=CC(=O)OC8)C(O)C[C@]78CC68CCC5(C)C4)OC3C)OC2C)OC1C. The lowest BCUT2D eigenvalue weighted by Crippen LogP contribution is -2.65. The summed E-state index contributed by atoms with van der Waals surface area (Å²) in [6, 6.07) is 0. The van der Waals surface area contributed by atoms with Crippen molar-refractivity contribution in [2.24, 2.45) is 95.6 Å². The Bertz CT molecular complexity index is 2840. The Morgan fingerprint density at radius 3 is 1.95 bits per heavy atom. The topological polar surface area (TPSA) is 218 Å². The van der Waals surface area contributed by atoms with Crippen molar-refractivity contribution in [2.45, 2.75) is 323 Å². The van der Waals surface area contributed by atoms with Crippen LogP contribution in [0.25, 0.3) is 0 Å². The maximum atomic E-state index is 13.4. The molecule has 14 aliphatic rings. The van der Waals surface area contributed by atoms with Gasteiger partial charge >= 0.3 is 11.9 Å². The van der Waals surface area contributed by atoms with Crippen LogP contribution >= 0.6 is 0 Å². The molecule has 3 saturated heterocycles. The fraction of sp³-hybridized carbons (Fsp3) is 0.921. The first-order valence-corrected chi connectivity index (χ1v) is 36.7. The molecule has 0 aromatic carbocycles. The summed E-state index contributed by atoms with van der Waals surface area (Å²) in [7, 11) is 3.14. The Hall–Kier alpha value is -2.06. The number of aliphatic hydroxyl groups is 5. The minimum atomic E-state index is -1.10. The van der Waals surface area contributed by atoms with Crippen LogP contribution in [0.4, 0.5) is 0 Å². The minimum Gasteiger partial charge on any atom is -0.469 e. The van der Waals surface area contributed by atoms with Crippen molar-refractivity contribution in [1.29, 1.82) is 0 Å². The van der Waals surface area contributed by atoms with Crippen LogP contribution in [0.15, 0.2) is 23.3 Å². The van der Waals surface area contributed by atoms with Gasteiger partial charge in [0.2, 0.25) is 0 Å². The fourth-order valence-corrected chi connectivity index (χ4v) is 26.2. The van der Waals surface area contributed by atoms with Crippen molar-refractivity contribution in [3.8, 4) is 0 Å². The van der Waals surface area contributed by atoms with Crippen molar-refractivity contribution in [1.82, 2.24) is 0 Å². The molecule has 16 heteroatoms. The van der Waals surface area contributed by atoms with Gasteiger partial charge in [-0.15, -0.1) is 0 Å². The molecule has 0 aromatic rings. The highest BCUT2D eigenvalue weighted by Crippen LogP contribution is 2.91. The van der Waals surface area contributed by atoms with Gasteiger partial charge in [0.15, 0.2) is 18.9 Å². The first-order valence-electron chi connectivity index (χ1n) is 36.7. The number of carbonyl (C=O) groups excluding carboxylic acids is 2. The van der Waals surface area contributed by atoms with Crippen molar-refractivity contribution < 1.29 is 77.8 Å². The molecule has 31 atom stereocenters. The lowest BCUT2D eigenvalue weighted by Gasteiger charge is -2.71. The number of aliphatic hydroxyl groups excluding tert-OH is 5. The van der Waals surface area contributed by atoms with Gasteiger partial charge in [-0.25, -0.2) is 4.79 Å². The summed E-state index contributed by atoms with van der Waals surface area (Å²) < 4.78 is 54.2. The Balaban J connectivity index is 0.000000193. The molecular formula is C76H120O16. The molecule has 0 amide bonds. The standard InChI is InChI=1S/C45H70O13.C31H50O3/c1-23-38(51-8)28(46)16-34(53-23)57-39-24(2)54-36(17-29(39)47)58-43(7)25(3)55-35(18-32(43)49)56-27-9-11-41(5)31-10-12-42(6)37(26-15-33(50)52-21-26)30(48)20-45(42)22-44(31,45)14-13-40(41,4)19-27;1-19-11-16-31(26(33)34-8)18-17-29(6)21(25(31)20(19)2)9-10-23-28(5)14-13-24(32)27(3,4)22(28)12-15-30(23,29)7/h15,23-25,27-32,34-39,46-49H,9-14,16-22H2,1-8H3;9,19-20,22-25,32H,10-18H2,1-8H3/t23?,24?,25?,27?,28?,29?,30?,31?,32?,34?,35?,36?,37?,38?,39?,40?,41-,42+,43?,44?,45-;19-,20+,22+,23-,24+,25-,28+,29-,30-,31+/m01/s1. The number of hydrogen-bond donors (Lipinski definition) is 5. The van der Waals surface area contributed by atoms with Crippen molar-refractivity contribution >= 4 is 11.9 Å². The number of rotatable bonds is 9. The van der Waals surface area contributed by atoms with E-state index in [-0.39, 0.29) is 110 Å². The van der Waals surface area contributed by atoms with E-state index in [1.165, 1.54) is 32.8 Å². The van der Waals surface area contributed by atoms with Gasteiger partial charge in [0.05, 0.1) is 67.5 Å². The molecule has 92 heavy (non-hydrogen) atoms. The van der Waals surface area contributed by atoms with E-state index in [0.29, 0.717) is 42.1 Å². The highest BCUT2D eigenvalue weighted by atomic mass is 16.7. The molecule has 520 valence electrons. The van der Waals surface area contributed by atoms with Crippen molar-refractivity contribution in [2.75, 3.05) is 20.8 Å². The number of allylic oxidation sites excluding steroid dienone is 2. The molecule has 10 aliphatic carbocycles. The second-order valence-electron chi connectivity index (χ2n) is 35.9. The van der Waals surface area contributed by atoms with Gasteiger partial charge in [-0.1, -0.05) is 80.9 Å². The Labute approximate surface area is 550 Å². The first-order chi connectivity index (χ1) is 43.1. The predicted octanol–water partition coefficient (Wildman–Crippen LogP) is 11.9. The maximum Gasteiger partial charge on any atom is 0.331 e. The summed E-state index contributed by atoms with van der Waals surface area (Å²) in [6.45, 7) is 32.4. The number of methoxy groups -OCH3 is 2. The summed E-state index contributed by atoms with van der Waals surface area (Å²) in [5.41, 5.74) is 2.38. The average molecular weight is 1290 g/mol. The zero-order chi connectivity index (χ0) is 66.3. The van der Waals surface area contributed by atoms with Crippen molar-refractivity contribution in [3.63, 3.8) is 0 Å². The van der Waals surface area contributed by atoms with Crippen LogP contribution in [0.1, 0.15) is 232 Å². The van der Waals surface area contributed by atoms with Crippen LogP contribution in [0, 0.1) is 95.6 Å². The summed E-state index contributed by atoms with van der Waals surface area (Å²) in [4.78, 5) is 25.5. The molecule has 18 unspecified atom stereocenters. The van der Waals surface area contributed by atoms with E-state index < -0.39 is 73.3 Å².